The number of nitrogens with zero attached hydrogens (tertiary/aromatic N) is 1. The molecule has 0 amide bonds. The Balaban J connectivity index is 1.93. The lowest BCUT2D eigenvalue weighted by atomic mass is 10.1. The lowest BCUT2D eigenvalue weighted by molar-refractivity contribution is 0.300. The summed E-state index contributed by atoms with van der Waals surface area (Å²) in [5.41, 5.74) is 0.641. The molecule has 0 bridgehead atoms. The molecule has 0 aliphatic carbocycles. The Labute approximate surface area is 103 Å². The number of nitrogens with one attached hydrogen (secondary N) is 1. The maximum absolute atomic E-state index is 13.5. The number of anilines is 1. The smallest absolute Gasteiger partial charge is 0.146 e. The summed E-state index contributed by atoms with van der Waals surface area (Å²) in [6.07, 6.45) is 3.42. The number of likely N-dealkylation sites (tertiary alicyclic amines) is 1. The van der Waals surface area contributed by atoms with Crippen molar-refractivity contribution in [2.45, 2.75) is 32.2 Å². The molecule has 1 fully saturated rings. The van der Waals surface area contributed by atoms with Gasteiger partial charge in [-0.1, -0.05) is 19.1 Å². The van der Waals surface area contributed by atoms with E-state index in [1.165, 1.54) is 19.0 Å². The molecule has 0 aromatic heterocycles. The van der Waals surface area contributed by atoms with Gasteiger partial charge in [-0.3, -0.25) is 0 Å². The van der Waals surface area contributed by atoms with E-state index in [0.29, 0.717) is 11.7 Å². The number of benzene rings is 1. The number of para-hydroxylation sites is 1. The molecule has 1 saturated heterocycles. The highest BCUT2D eigenvalue weighted by molar-refractivity contribution is 5.45. The summed E-state index contributed by atoms with van der Waals surface area (Å²) in [5.74, 6) is -0.149. The van der Waals surface area contributed by atoms with Gasteiger partial charge in [0.15, 0.2) is 0 Å². The molecule has 1 atom stereocenters. The van der Waals surface area contributed by atoms with Gasteiger partial charge in [-0.25, -0.2) is 4.39 Å². The van der Waals surface area contributed by atoms with Crippen molar-refractivity contribution in [3.63, 3.8) is 0 Å². The second kappa shape index (κ2) is 6.01. The average molecular weight is 236 g/mol. The van der Waals surface area contributed by atoms with Crippen molar-refractivity contribution in [1.82, 2.24) is 4.90 Å². The zero-order valence-corrected chi connectivity index (χ0v) is 10.5. The minimum Gasteiger partial charge on any atom is -0.380 e. The van der Waals surface area contributed by atoms with Crippen molar-refractivity contribution in [3.8, 4) is 0 Å². The molecule has 0 radical (unpaired) electrons. The van der Waals surface area contributed by atoms with Crippen molar-refractivity contribution < 1.29 is 4.39 Å². The van der Waals surface area contributed by atoms with Crippen LogP contribution in [0.25, 0.3) is 0 Å². The summed E-state index contributed by atoms with van der Waals surface area (Å²) in [5, 5.41) is 3.33. The highest BCUT2D eigenvalue weighted by Crippen LogP contribution is 2.19. The Morgan fingerprint density at radius 2 is 2.12 bits per heavy atom. The summed E-state index contributed by atoms with van der Waals surface area (Å²) in [6.45, 7) is 5.60. The molecule has 1 aliphatic heterocycles. The summed E-state index contributed by atoms with van der Waals surface area (Å²) < 4.78 is 13.5. The van der Waals surface area contributed by atoms with Crippen LogP contribution >= 0.6 is 0 Å². The zero-order valence-electron chi connectivity index (χ0n) is 10.5. The lowest BCUT2D eigenvalue weighted by Gasteiger charge is -2.19. The van der Waals surface area contributed by atoms with Crippen LogP contribution < -0.4 is 5.32 Å². The summed E-state index contributed by atoms with van der Waals surface area (Å²) >= 11 is 0. The van der Waals surface area contributed by atoms with Crippen LogP contribution in [0.2, 0.25) is 0 Å². The molecule has 1 heterocycles. The van der Waals surface area contributed by atoms with Crippen molar-refractivity contribution in [2.75, 3.05) is 25.0 Å². The maximum atomic E-state index is 13.5. The van der Waals surface area contributed by atoms with Gasteiger partial charge in [0.2, 0.25) is 0 Å². The van der Waals surface area contributed by atoms with Gasteiger partial charge in [-0.15, -0.1) is 0 Å². The van der Waals surface area contributed by atoms with Gasteiger partial charge in [-0.05, 0) is 44.5 Å². The molecule has 0 saturated carbocycles. The van der Waals surface area contributed by atoms with E-state index in [-0.39, 0.29) is 5.82 Å². The van der Waals surface area contributed by atoms with Gasteiger partial charge in [0.1, 0.15) is 5.82 Å². The standard InChI is InChI=1S/C14H21FN2/c1-2-17-10-5-6-12(9-11-17)16-14-8-4-3-7-13(14)15/h3-4,7-8,12,16H,2,5-6,9-11H2,1H3. The van der Waals surface area contributed by atoms with Crippen molar-refractivity contribution in [3.05, 3.63) is 30.1 Å². The topological polar surface area (TPSA) is 15.3 Å². The number of halogens is 1. The third-order valence-corrected chi connectivity index (χ3v) is 3.50. The minimum absolute atomic E-state index is 0.149. The predicted octanol–water partition coefficient (Wildman–Crippen LogP) is 3.11. The zero-order chi connectivity index (χ0) is 12.1. The molecule has 1 unspecified atom stereocenters. The molecule has 1 aliphatic rings. The molecule has 1 aromatic rings. The van der Waals surface area contributed by atoms with Crippen LogP contribution in [-0.2, 0) is 0 Å². The van der Waals surface area contributed by atoms with Crippen LogP contribution in [0.3, 0.4) is 0 Å². The largest absolute Gasteiger partial charge is 0.380 e. The minimum atomic E-state index is -0.149. The fraction of sp³-hybridized carbons (Fsp3) is 0.571. The predicted molar refractivity (Wildman–Crippen MR) is 69.8 cm³/mol. The quantitative estimate of drug-likeness (QED) is 0.867. The van der Waals surface area contributed by atoms with Crippen molar-refractivity contribution in [1.29, 1.82) is 0 Å². The molecule has 1 N–H and O–H groups in total. The third kappa shape index (κ3) is 3.43. The summed E-state index contributed by atoms with van der Waals surface area (Å²) in [6, 6.07) is 7.34. The maximum Gasteiger partial charge on any atom is 0.146 e. The molecule has 2 nitrogen and oxygen atoms in total. The van der Waals surface area contributed by atoms with Crippen LogP contribution in [0.1, 0.15) is 26.2 Å². The lowest BCUT2D eigenvalue weighted by Crippen LogP contribution is -2.26. The number of rotatable bonds is 3. The first-order chi connectivity index (χ1) is 8.29. The molecular formula is C14H21FN2. The molecular weight excluding hydrogens is 215 g/mol. The fourth-order valence-corrected chi connectivity index (χ4v) is 2.41. The monoisotopic (exact) mass is 236 g/mol. The van der Waals surface area contributed by atoms with E-state index in [9.17, 15) is 4.39 Å². The first-order valence-corrected chi connectivity index (χ1v) is 6.53. The normalized spacial score (nSPS) is 22.1. The highest BCUT2D eigenvalue weighted by Gasteiger charge is 2.16. The third-order valence-electron chi connectivity index (χ3n) is 3.50. The van der Waals surface area contributed by atoms with Gasteiger partial charge < -0.3 is 10.2 Å². The highest BCUT2D eigenvalue weighted by atomic mass is 19.1. The average Bonchev–Trinajstić information content (AvgIpc) is 2.57. The van der Waals surface area contributed by atoms with E-state index in [2.05, 4.69) is 17.1 Å². The second-order valence-electron chi connectivity index (χ2n) is 4.69. The molecule has 17 heavy (non-hydrogen) atoms. The van der Waals surface area contributed by atoms with E-state index >= 15 is 0 Å². The van der Waals surface area contributed by atoms with Crippen molar-refractivity contribution in [2.24, 2.45) is 0 Å². The molecule has 2 rings (SSSR count). The van der Waals surface area contributed by atoms with E-state index in [4.69, 9.17) is 0 Å². The van der Waals surface area contributed by atoms with Gasteiger partial charge >= 0.3 is 0 Å². The van der Waals surface area contributed by atoms with E-state index in [1.807, 2.05) is 12.1 Å². The SMILES string of the molecule is CCN1CCCC(Nc2ccccc2F)CC1. The first-order valence-electron chi connectivity index (χ1n) is 6.53. The summed E-state index contributed by atoms with van der Waals surface area (Å²) in [7, 11) is 0. The number of hydrogen-bond donors (Lipinski definition) is 1. The van der Waals surface area contributed by atoms with E-state index in [1.54, 1.807) is 6.07 Å². The van der Waals surface area contributed by atoms with Crippen LogP contribution in [0.15, 0.2) is 24.3 Å². The Morgan fingerprint density at radius 1 is 1.29 bits per heavy atom. The molecule has 1 aromatic carbocycles. The summed E-state index contributed by atoms with van der Waals surface area (Å²) in [4.78, 5) is 2.46. The number of hydrogen-bond acceptors (Lipinski definition) is 2. The van der Waals surface area contributed by atoms with E-state index < -0.39 is 0 Å². The van der Waals surface area contributed by atoms with Gasteiger partial charge in [0.05, 0.1) is 5.69 Å². The second-order valence-corrected chi connectivity index (χ2v) is 4.69. The Hall–Kier alpha value is -1.09. The van der Waals surface area contributed by atoms with Crippen molar-refractivity contribution >= 4 is 5.69 Å². The Morgan fingerprint density at radius 3 is 2.88 bits per heavy atom. The van der Waals surface area contributed by atoms with Gasteiger partial charge in [-0.2, -0.15) is 0 Å². The van der Waals surface area contributed by atoms with Crippen LogP contribution in [-0.4, -0.2) is 30.6 Å². The van der Waals surface area contributed by atoms with Crippen LogP contribution in [0.4, 0.5) is 10.1 Å². The first kappa shape index (κ1) is 12.4. The molecule has 3 heteroatoms. The van der Waals surface area contributed by atoms with E-state index in [0.717, 1.165) is 25.9 Å². The van der Waals surface area contributed by atoms with Gasteiger partial charge in [0, 0.05) is 12.6 Å². The fourth-order valence-electron chi connectivity index (χ4n) is 2.41. The molecule has 0 spiro atoms. The Bertz CT molecular complexity index is 354. The Kier molecular flexibility index (Phi) is 4.37. The molecule has 94 valence electrons. The van der Waals surface area contributed by atoms with Crippen LogP contribution in [0, 0.1) is 5.82 Å². The van der Waals surface area contributed by atoms with Gasteiger partial charge in [0.25, 0.3) is 0 Å². The van der Waals surface area contributed by atoms with Crippen LogP contribution in [0.5, 0.6) is 0 Å².